The molecule has 24 heavy (non-hydrogen) atoms. The maximum Gasteiger partial charge on any atom is 0.222 e. The number of nitrogen functional groups attached to an aromatic ring is 1. The molecule has 0 fully saturated rings. The van der Waals surface area contributed by atoms with E-state index >= 15 is 0 Å². The summed E-state index contributed by atoms with van der Waals surface area (Å²) >= 11 is 0. The molecule has 1 aromatic carbocycles. The molecule has 5 nitrogen and oxygen atoms in total. The van der Waals surface area contributed by atoms with Crippen LogP contribution >= 0.6 is 0 Å². The average molecular weight is 327 g/mol. The number of nitrogens with two attached hydrogens (primary N) is 2. The highest BCUT2D eigenvalue weighted by atomic mass is 15.1. The second kappa shape index (κ2) is 9.88. The minimum atomic E-state index is 0.318. The monoisotopic (exact) mass is 327 g/mol. The van der Waals surface area contributed by atoms with Crippen molar-refractivity contribution >= 4 is 11.8 Å². The van der Waals surface area contributed by atoms with Gasteiger partial charge in [-0.15, -0.1) is 0 Å². The van der Waals surface area contributed by atoms with Crippen LogP contribution in [0.2, 0.25) is 0 Å². The molecule has 2 rings (SSSR count). The van der Waals surface area contributed by atoms with Crippen molar-refractivity contribution in [1.29, 1.82) is 0 Å². The smallest absolute Gasteiger partial charge is 0.222 e. The molecule has 0 spiro atoms. The Morgan fingerprint density at radius 2 is 1.79 bits per heavy atom. The number of rotatable bonds is 10. The Balaban J connectivity index is 2.31. The number of benzene rings is 1. The summed E-state index contributed by atoms with van der Waals surface area (Å²) in [7, 11) is 0. The molecule has 0 aliphatic rings. The van der Waals surface area contributed by atoms with Crippen molar-refractivity contribution in [2.45, 2.75) is 45.4 Å². The van der Waals surface area contributed by atoms with Crippen molar-refractivity contribution in [3.05, 3.63) is 35.9 Å². The maximum absolute atomic E-state index is 5.97. The summed E-state index contributed by atoms with van der Waals surface area (Å²) in [6.07, 6.45) is 6.42. The van der Waals surface area contributed by atoms with Gasteiger partial charge in [-0.1, -0.05) is 50.1 Å². The third kappa shape index (κ3) is 5.20. The molecule has 0 aliphatic carbocycles. The first-order valence-electron chi connectivity index (χ1n) is 8.92. The van der Waals surface area contributed by atoms with Crippen molar-refractivity contribution in [1.82, 2.24) is 9.97 Å². The molecule has 2 aromatic rings. The molecule has 130 valence electrons. The lowest BCUT2D eigenvalue weighted by atomic mass is 10.0. The fourth-order valence-electron chi connectivity index (χ4n) is 2.73. The molecule has 0 unspecified atom stereocenters. The van der Waals surface area contributed by atoms with Gasteiger partial charge >= 0.3 is 0 Å². The SMILES string of the molecule is CCCCNc1nc(N)nc(-c2ccccc2)c1CCCCCN. The third-order valence-corrected chi connectivity index (χ3v) is 4.03. The molecule has 5 N–H and O–H groups in total. The predicted molar refractivity (Wildman–Crippen MR) is 102 cm³/mol. The van der Waals surface area contributed by atoms with Crippen LogP contribution in [0.1, 0.15) is 44.6 Å². The van der Waals surface area contributed by atoms with Crippen LogP contribution in [0.4, 0.5) is 11.8 Å². The summed E-state index contributed by atoms with van der Waals surface area (Å²) < 4.78 is 0. The van der Waals surface area contributed by atoms with E-state index in [9.17, 15) is 0 Å². The topological polar surface area (TPSA) is 89.8 Å². The minimum absolute atomic E-state index is 0.318. The van der Waals surface area contributed by atoms with Gasteiger partial charge in [-0.2, -0.15) is 4.98 Å². The summed E-state index contributed by atoms with van der Waals surface area (Å²) in [5.74, 6) is 1.20. The van der Waals surface area contributed by atoms with Crippen LogP contribution < -0.4 is 16.8 Å². The molecule has 0 amide bonds. The number of nitrogens with one attached hydrogen (secondary N) is 1. The number of hydrogen-bond donors (Lipinski definition) is 3. The highest BCUT2D eigenvalue weighted by Crippen LogP contribution is 2.29. The first-order valence-corrected chi connectivity index (χ1v) is 8.92. The van der Waals surface area contributed by atoms with Crippen LogP contribution in [-0.4, -0.2) is 23.1 Å². The van der Waals surface area contributed by atoms with Crippen LogP contribution in [0, 0.1) is 0 Å². The lowest BCUT2D eigenvalue weighted by Gasteiger charge is -2.16. The van der Waals surface area contributed by atoms with Crippen molar-refractivity contribution in [3.8, 4) is 11.3 Å². The molecule has 0 bridgehead atoms. The quantitative estimate of drug-likeness (QED) is 0.580. The Labute approximate surface area is 144 Å². The fraction of sp³-hybridized carbons (Fsp3) is 0.474. The Kier molecular flexibility index (Phi) is 7.49. The van der Waals surface area contributed by atoms with E-state index in [1.807, 2.05) is 18.2 Å². The van der Waals surface area contributed by atoms with Crippen molar-refractivity contribution in [2.75, 3.05) is 24.1 Å². The van der Waals surface area contributed by atoms with Crippen molar-refractivity contribution in [3.63, 3.8) is 0 Å². The summed E-state index contributed by atoms with van der Waals surface area (Å²) in [5, 5.41) is 3.45. The molecule has 0 atom stereocenters. The maximum atomic E-state index is 5.97. The summed E-state index contributed by atoms with van der Waals surface area (Å²) in [5.41, 5.74) is 14.8. The lowest BCUT2D eigenvalue weighted by Crippen LogP contribution is -2.11. The minimum Gasteiger partial charge on any atom is -0.370 e. The van der Waals surface area contributed by atoms with E-state index in [-0.39, 0.29) is 0 Å². The van der Waals surface area contributed by atoms with Gasteiger partial charge in [-0.25, -0.2) is 4.98 Å². The van der Waals surface area contributed by atoms with Gasteiger partial charge in [-0.05, 0) is 32.2 Å². The zero-order valence-electron chi connectivity index (χ0n) is 14.6. The average Bonchev–Trinajstić information content (AvgIpc) is 2.60. The molecular weight excluding hydrogens is 298 g/mol. The number of aromatic nitrogens is 2. The molecule has 5 heteroatoms. The molecule has 0 saturated heterocycles. The van der Waals surface area contributed by atoms with Gasteiger partial charge < -0.3 is 16.8 Å². The van der Waals surface area contributed by atoms with Gasteiger partial charge in [0.1, 0.15) is 5.82 Å². The summed E-state index contributed by atoms with van der Waals surface area (Å²) in [6, 6.07) is 10.2. The second-order valence-electron chi connectivity index (χ2n) is 6.00. The number of unbranched alkanes of at least 4 members (excludes halogenated alkanes) is 3. The third-order valence-electron chi connectivity index (χ3n) is 4.03. The second-order valence-corrected chi connectivity index (χ2v) is 6.00. The van der Waals surface area contributed by atoms with Crippen LogP contribution in [-0.2, 0) is 6.42 Å². The van der Waals surface area contributed by atoms with Crippen LogP contribution in [0.5, 0.6) is 0 Å². The summed E-state index contributed by atoms with van der Waals surface area (Å²) in [6.45, 7) is 3.82. The zero-order chi connectivity index (χ0) is 17.2. The first kappa shape index (κ1) is 18.2. The molecule has 0 radical (unpaired) electrons. The Hall–Kier alpha value is -2.14. The van der Waals surface area contributed by atoms with E-state index in [0.29, 0.717) is 5.95 Å². The van der Waals surface area contributed by atoms with Crippen LogP contribution in [0.15, 0.2) is 30.3 Å². The molecule has 1 heterocycles. The van der Waals surface area contributed by atoms with Gasteiger partial charge in [0, 0.05) is 17.7 Å². The fourth-order valence-corrected chi connectivity index (χ4v) is 2.73. The van der Waals surface area contributed by atoms with E-state index in [0.717, 1.165) is 74.3 Å². The summed E-state index contributed by atoms with van der Waals surface area (Å²) in [4.78, 5) is 8.99. The van der Waals surface area contributed by atoms with Crippen LogP contribution in [0.25, 0.3) is 11.3 Å². The van der Waals surface area contributed by atoms with Gasteiger partial charge in [0.25, 0.3) is 0 Å². The standard InChI is InChI=1S/C19H29N5/c1-2-3-14-22-18-16(12-8-5-9-13-20)17(23-19(21)24-18)15-10-6-4-7-11-15/h4,6-7,10-11H,2-3,5,8-9,12-14,20H2,1H3,(H3,21,22,23,24). The highest BCUT2D eigenvalue weighted by Gasteiger charge is 2.14. The zero-order valence-corrected chi connectivity index (χ0v) is 14.6. The lowest BCUT2D eigenvalue weighted by molar-refractivity contribution is 0.685. The Bertz CT molecular complexity index is 613. The van der Waals surface area contributed by atoms with E-state index in [1.165, 1.54) is 0 Å². The molecule has 0 aliphatic heterocycles. The van der Waals surface area contributed by atoms with Gasteiger partial charge in [0.2, 0.25) is 5.95 Å². The Morgan fingerprint density at radius 1 is 1.00 bits per heavy atom. The molecule has 0 saturated carbocycles. The normalized spacial score (nSPS) is 10.8. The van der Waals surface area contributed by atoms with Crippen molar-refractivity contribution < 1.29 is 0 Å². The molecule has 1 aromatic heterocycles. The molecular formula is C19H29N5. The van der Waals surface area contributed by atoms with Gasteiger partial charge in [-0.3, -0.25) is 0 Å². The number of anilines is 2. The highest BCUT2D eigenvalue weighted by molar-refractivity contribution is 5.70. The number of hydrogen-bond acceptors (Lipinski definition) is 5. The number of nitrogens with zero attached hydrogens (tertiary/aromatic N) is 2. The Morgan fingerprint density at radius 3 is 2.50 bits per heavy atom. The van der Waals surface area contributed by atoms with E-state index in [4.69, 9.17) is 11.5 Å². The van der Waals surface area contributed by atoms with Crippen molar-refractivity contribution in [2.24, 2.45) is 5.73 Å². The van der Waals surface area contributed by atoms with E-state index in [2.05, 4.69) is 34.3 Å². The van der Waals surface area contributed by atoms with E-state index < -0.39 is 0 Å². The largest absolute Gasteiger partial charge is 0.370 e. The van der Waals surface area contributed by atoms with E-state index in [1.54, 1.807) is 0 Å². The van der Waals surface area contributed by atoms with Crippen LogP contribution in [0.3, 0.4) is 0 Å². The first-order chi connectivity index (χ1) is 11.8. The van der Waals surface area contributed by atoms with Gasteiger partial charge in [0.05, 0.1) is 5.69 Å². The van der Waals surface area contributed by atoms with Gasteiger partial charge in [0.15, 0.2) is 0 Å². The predicted octanol–water partition coefficient (Wildman–Crippen LogP) is 3.61.